The molecular formula is C19H29N5O3. The molecule has 1 fully saturated rings. The maximum Gasteiger partial charge on any atom is 0.234 e. The van der Waals surface area contributed by atoms with Crippen molar-refractivity contribution in [2.75, 3.05) is 39.9 Å². The lowest BCUT2D eigenvalue weighted by molar-refractivity contribution is -0.129. The molecule has 1 aromatic heterocycles. The summed E-state index contributed by atoms with van der Waals surface area (Å²) < 4.78 is 4.97. The van der Waals surface area contributed by atoms with Gasteiger partial charge in [0.05, 0.1) is 24.9 Å². The number of aromatic nitrogens is 2. The number of nitrogens with zero attached hydrogens (tertiary/aromatic N) is 4. The van der Waals surface area contributed by atoms with Gasteiger partial charge in [0.25, 0.3) is 0 Å². The lowest BCUT2D eigenvalue weighted by atomic mass is 10.0. The van der Waals surface area contributed by atoms with Crippen LogP contribution in [0.25, 0.3) is 0 Å². The van der Waals surface area contributed by atoms with Crippen molar-refractivity contribution in [2.24, 2.45) is 0 Å². The van der Waals surface area contributed by atoms with Crippen molar-refractivity contribution in [1.29, 1.82) is 0 Å². The van der Waals surface area contributed by atoms with Crippen LogP contribution in [-0.4, -0.2) is 71.5 Å². The van der Waals surface area contributed by atoms with Crippen molar-refractivity contribution in [3.05, 3.63) is 23.3 Å². The van der Waals surface area contributed by atoms with Crippen LogP contribution in [-0.2, 0) is 27.3 Å². The highest BCUT2D eigenvalue weighted by Crippen LogP contribution is 2.29. The Labute approximate surface area is 160 Å². The number of methoxy groups -OCH3 is 1. The molecule has 2 amide bonds. The Hall–Kier alpha value is -2.06. The number of fused-ring (bicyclic) bond motifs is 1. The molecule has 2 aliphatic heterocycles. The first-order valence-electron chi connectivity index (χ1n) is 9.68. The van der Waals surface area contributed by atoms with E-state index in [2.05, 4.69) is 15.2 Å². The van der Waals surface area contributed by atoms with Gasteiger partial charge in [-0.3, -0.25) is 14.5 Å². The number of hydrogen-bond acceptors (Lipinski definition) is 6. The van der Waals surface area contributed by atoms with Crippen LogP contribution in [0, 0.1) is 0 Å². The van der Waals surface area contributed by atoms with Gasteiger partial charge in [-0.05, 0) is 19.4 Å². The minimum absolute atomic E-state index is 0.00834. The van der Waals surface area contributed by atoms with E-state index in [9.17, 15) is 9.59 Å². The number of nitrogens with one attached hydrogen (secondary N) is 1. The molecule has 0 bridgehead atoms. The van der Waals surface area contributed by atoms with Gasteiger partial charge in [0.1, 0.15) is 5.82 Å². The topological polar surface area (TPSA) is 87.7 Å². The second-order valence-electron chi connectivity index (χ2n) is 7.22. The van der Waals surface area contributed by atoms with E-state index in [4.69, 9.17) is 9.72 Å². The summed E-state index contributed by atoms with van der Waals surface area (Å²) in [6.45, 7) is 5.15. The minimum atomic E-state index is 0.00834. The van der Waals surface area contributed by atoms with E-state index in [1.165, 1.54) is 0 Å². The molecule has 1 saturated heterocycles. The summed E-state index contributed by atoms with van der Waals surface area (Å²) in [5.74, 6) is 0.895. The molecule has 0 radical (unpaired) electrons. The van der Waals surface area contributed by atoms with Gasteiger partial charge in [-0.2, -0.15) is 0 Å². The molecule has 0 spiro atoms. The number of carbonyl (C=O) groups excluding carboxylic acids is 2. The number of hydrogen-bond donors (Lipinski definition) is 1. The largest absolute Gasteiger partial charge is 0.383 e. The molecule has 3 rings (SSSR count). The van der Waals surface area contributed by atoms with Gasteiger partial charge in [-0.1, -0.05) is 6.42 Å². The van der Waals surface area contributed by atoms with Crippen molar-refractivity contribution < 1.29 is 14.3 Å². The average Bonchev–Trinajstić information content (AvgIpc) is 2.67. The highest BCUT2D eigenvalue weighted by Gasteiger charge is 2.29. The zero-order valence-electron chi connectivity index (χ0n) is 16.2. The van der Waals surface area contributed by atoms with Crippen LogP contribution in [0.1, 0.15) is 49.3 Å². The molecule has 3 heterocycles. The van der Waals surface area contributed by atoms with E-state index in [1.54, 1.807) is 14.0 Å². The lowest BCUT2D eigenvalue weighted by Gasteiger charge is -2.35. The predicted octanol–water partition coefficient (Wildman–Crippen LogP) is 0.671. The van der Waals surface area contributed by atoms with Gasteiger partial charge < -0.3 is 15.0 Å². The fraction of sp³-hybridized carbons (Fsp3) is 0.684. The number of likely N-dealkylation sites (tertiary alicyclic amines) is 1. The van der Waals surface area contributed by atoms with Crippen molar-refractivity contribution in [3.63, 3.8) is 0 Å². The summed E-state index contributed by atoms with van der Waals surface area (Å²) in [6, 6.07) is 0.0723. The first-order chi connectivity index (χ1) is 13.1. The zero-order chi connectivity index (χ0) is 19.2. The number of carbonyl (C=O) groups is 2. The Kier molecular flexibility index (Phi) is 6.73. The Morgan fingerprint density at radius 2 is 2.19 bits per heavy atom. The second-order valence-corrected chi connectivity index (χ2v) is 7.22. The van der Waals surface area contributed by atoms with Crippen LogP contribution in [0.4, 0.5) is 0 Å². The zero-order valence-corrected chi connectivity index (χ0v) is 16.2. The maximum atomic E-state index is 12.2. The first kappa shape index (κ1) is 19.7. The third-order valence-electron chi connectivity index (χ3n) is 5.28. The van der Waals surface area contributed by atoms with Crippen molar-refractivity contribution in [1.82, 2.24) is 25.1 Å². The lowest BCUT2D eigenvalue weighted by Crippen LogP contribution is -2.43. The van der Waals surface area contributed by atoms with Gasteiger partial charge >= 0.3 is 0 Å². The number of ether oxygens (including phenoxy) is 1. The quantitative estimate of drug-likeness (QED) is 0.736. The van der Waals surface area contributed by atoms with Gasteiger partial charge in [0.15, 0.2) is 0 Å². The number of piperidine rings is 1. The standard InChI is InChI=1S/C19H29N5O3/c1-14(25)23-9-6-16-15(12-23)11-21-19(22-16)17-5-3-4-8-24(17)13-18(26)20-7-10-27-2/h11,17H,3-10,12-13H2,1-2H3,(H,20,26). The SMILES string of the molecule is COCCNC(=O)CN1CCCCC1c1ncc2c(n1)CCN(C(C)=O)C2. The van der Waals surface area contributed by atoms with E-state index in [0.29, 0.717) is 32.8 Å². The number of amides is 2. The van der Waals surface area contributed by atoms with Crippen LogP contribution >= 0.6 is 0 Å². The third kappa shape index (κ3) is 5.01. The van der Waals surface area contributed by atoms with E-state index in [1.807, 2.05) is 11.1 Å². The molecule has 1 unspecified atom stereocenters. The van der Waals surface area contributed by atoms with Crippen molar-refractivity contribution >= 4 is 11.8 Å². The van der Waals surface area contributed by atoms with Crippen LogP contribution in [0.2, 0.25) is 0 Å². The summed E-state index contributed by atoms with van der Waals surface area (Å²) >= 11 is 0. The monoisotopic (exact) mass is 375 g/mol. The maximum absolute atomic E-state index is 12.2. The van der Waals surface area contributed by atoms with Gasteiger partial charge in [0.2, 0.25) is 11.8 Å². The molecule has 2 aliphatic rings. The summed E-state index contributed by atoms with van der Waals surface area (Å²) in [6.07, 6.45) is 5.78. The molecule has 1 N–H and O–H groups in total. The fourth-order valence-corrected chi connectivity index (χ4v) is 3.77. The molecule has 8 nitrogen and oxygen atoms in total. The predicted molar refractivity (Wildman–Crippen MR) is 99.9 cm³/mol. The Bertz CT molecular complexity index is 681. The smallest absolute Gasteiger partial charge is 0.234 e. The van der Waals surface area contributed by atoms with E-state index in [0.717, 1.165) is 49.3 Å². The van der Waals surface area contributed by atoms with Gasteiger partial charge in [-0.15, -0.1) is 0 Å². The molecule has 0 saturated carbocycles. The molecule has 0 aromatic carbocycles. The van der Waals surface area contributed by atoms with Crippen molar-refractivity contribution in [2.45, 2.75) is 45.2 Å². The molecule has 8 heteroatoms. The summed E-state index contributed by atoms with van der Waals surface area (Å²) in [5.41, 5.74) is 2.06. The number of rotatable bonds is 6. The summed E-state index contributed by atoms with van der Waals surface area (Å²) in [5, 5.41) is 2.88. The van der Waals surface area contributed by atoms with Crippen LogP contribution in [0.3, 0.4) is 0 Å². The van der Waals surface area contributed by atoms with Gasteiger partial charge in [-0.25, -0.2) is 9.97 Å². The Balaban J connectivity index is 1.68. The molecular weight excluding hydrogens is 346 g/mol. The molecule has 1 aromatic rings. The third-order valence-corrected chi connectivity index (χ3v) is 5.28. The highest BCUT2D eigenvalue weighted by molar-refractivity contribution is 5.78. The minimum Gasteiger partial charge on any atom is -0.383 e. The average molecular weight is 375 g/mol. The van der Waals surface area contributed by atoms with Crippen LogP contribution in [0.15, 0.2) is 6.20 Å². The van der Waals surface area contributed by atoms with Crippen LogP contribution in [0.5, 0.6) is 0 Å². The Morgan fingerprint density at radius 1 is 1.33 bits per heavy atom. The fourth-order valence-electron chi connectivity index (χ4n) is 3.77. The van der Waals surface area contributed by atoms with E-state index >= 15 is 0 Å². The van der Waals surface area contributed by atoms with Crippen LogP contribution < -0.4 is 5.32 Å². The molecule has 1 atom stereocenters. The normalized spacial score (nSPS) is 20.2. The molecule has 0 aliphatic carbocycles. The molecule has 148 valence electrons. The highest BCUT2D eigenvalue weighted by atomic mass is 16.5. The van der Waals surface area contributed by atoms with E-state index in [-0.39, 0.29) is 17.9 Å². The Morgan fingerprint density at radius 3 is 2.96 bits per heavy atom. The first-order valence-corrected chi connectivity index (χ1v) is 9.68. The van der Waals surface area contributed by atoms with Crippen molar-refractivity contribution in [3.8, 4) is 0 Å². The summed E-state index contributed by atoms with van der Waals surface area (Å²) in [7, 11) is 1.62. The molecule has 27 heavy (non-hydrogen) atoms. The van der Waals surface area contributed by atoms with E-state index < -0.39 is 0 Å². The van der Waals surface area contributed by atoms with Gasteiger partial charge in [0, 0.05) is 51.8 Å². The summed E-state index contributed by atoms with van der Waals surface area (Å²) in [4.78, 5) is 37.2. The second kappa shape index (κ2) is 9.23.